The highest BCUT2D eigenvalue weighted by Gasteiger charge is 2.42. The van der Waals surface area contributed by atoms with Crippen molar-refractivity contribution < 1.29 is 33.0 Å². The van der Waals surface area contributed by atoms with E-state index in [9.17, 15) is 14.4 Å². The molecule has 326 valence electrons. The molecular weight excluding hydrogens is 778 g/mol. The number of aryl methyl sites for hydroxylation is 1. The number of methoxy groups -OCH3 is 2. The Labute approximate surface area is 358 Å². The van der Waals surface area contributed by atoms with E-state index in [0.717, 1.165) is 57.9 Å². The molecule has 0 bridgehead atoms. The number of alkyl carbamates (subject to hydrolysis) is 1. The van der Waals surface area contributed by atoms with Crippen LogP contribution in [0, 0.1) is 11.7 Å². The predicted molar refractivity (Wildman–Crippen MR) is 237 cm³/mol. The van der Waals surface area contributed by atoms with Gasteiger partial charge in [-0.1, -0.05) is 82.3 Å². The van der Waals surface area contributed by atoms with Gasteiger partial charge >= 0.3 is 6.09 Å². The highest BCUT2D eigenvalue weighted by atomic mass is 19.1. The molecule has 7 rings (SSSR count). The monoisotopic (exact) mass is 837 g/mol. The van der Waals surface area contributed by atoms with Crippen molar-refractivity contribution in [1.29, 1.82) is 0 Å². The molecule has 4 unspecified atom stereocenters. The molecule has 14 heteroatoms. The number of carbonyl (C=O) groups excluding carboxylic acids is 4. The zero-order valence-corrected chi connectivity index (χ0v) is 36.3. The van der Waals surface area contributed by atoms with Crippen molar-refractivity contribution in [3.8, 4) is 22.4 Å². The van der Waals surface area contributed by atoms with Crippen molar-refractivity contribution in [2.45, 2.75) is 91.1 Å². The van der Waals surface area contributed by atoms with E-state index in [1.54, 1.807) is 24.3 Å². The van der Waals surface area contributed by atoms with Crippen LogP contribution in [-0.2, 0) is 36.7 Å². The third-order valence-electron chi connectivity index (χ3n) is 10.8. The fourth-order valence-corrected chi connectivity index (χ4v) is 8.12. The first-order chi connectivity index (χ1) is 29.5. The summed E-state index contributed by atoms with van der Waals surface area (Å²) in [4.78, 5) is 59.5. The summed E-state index contributed by atoms with van der Waals surface area (Å²) in [6.07, 6.45) is 5.56. The van der Waals surface area contributed by atoms with E-state index < -0.39 is 30.2 Å². The second kappa shape index (κ2) is 22.4. The number of nitrogens with one attached hydrogen (secondary N) is 3. The van der Waals surface area contributed by atoms with Gasteiger partial charge in [-0.2, -0.15) is 0 Å². The largest absolute Gasteiger partial charge is 0.453 e. The zero-order valence-electron chi connectivity index (χ0n) is 36.3. The minimum atomic E-state index is -0.751. The van der Waals surface area contributed by atoms with Crippen LogP contribution in [0.15, 0.2) is 86.1 Å². The van der Waals surface area contributed by atoms with Gasteiger partial charge in [-0.3, -0.25) is 19.3 Å². The smallest absolute Gasteiger partial charge is 0.407 e. The second-order valence-corrected chi connectivity index (χ2v) is 14.6. The lowest BCUT2D eigenvalue weighted by Gasteiger charge is -2.30. The Balaban J connectivity index is 0.00000111. The number of benzene rings is 3. The molecule has 3 aliphatic heterocycles. The summed E-state index contributed by atoms with van der Waals surface area (Å²) in [5.74, 6) is 0.178. The van der Waals surface area contributed by atoms with Crippen LogP contribution in [0.25, 0.3) is 28.1 Å². The van der Waals surface area contributed by atoms with Crippen molar-refractivity contribution in [3.05, 3.63) is 114 Å². The van der Waals surface area contributed by atoms with Gasteiger partial charge in [0.25, 0.3) is 11.8 Å². The first kappa shape index (κ1) is 47.4. The maximum atomic E-state index is 16.0. The Bertz CT molecular complexity index is 2150. The number of aromatic nitrogens is 2. The number of carbonyl (C=O) groups is 4. The molecule has 0 aliphatic carbocycles. The number of likely N-dealkylation sites (tertiary alicyclic amines) is 1. The van der Waals surface area contributed by atoms with Crippen molar-refractivity contribution >= 4 is 35.7 Å². The number of nitrogens with zero attached hydrogens (tertiary/aromatic N) is 3. The number of amides is 4. The Morgan fingerprint density at radius 2 is 1.66 bits per heavy atom. The van der Waals surface area contributed by atoms with Crippen LogP contribution in [0.4, 0.5) is 14.9 Å². The number of ether oxygens (including phenoxy) is 2. The number of rotatable bonds is 10. The van der Waals surface area contributed by atoms with Crippen molar-refractivity contribution in [3.63, 3.8) is 0 Å². The van der Waals surface area contributed by atoms with Gasteiger partial charge in [-0.15, -0.1) is 13.2 Å². The number of hydrogen-bond acceptors (Lipinski definition) is 8. The predicted octanol–water partition coefficient (Wildman–Crippen LogP) is 7.68. The summed E-state index contributed by atoms with van der Waals surface area (Å²) >= 11 is 0. The van der Waals surface area contributed by atoms with E-state index in [0.29, 0.717) is 37.1 Å². The molecule has 4 heterocycles. The van der Waals surface area contributed by atoms with E-state index >= 15 is 4.39 Å². The standard InChI is InChI=1S/C42H47FN6O5.C2H6.C2H4.CH3NO/c1-6-32(45-36-22-29-10-7-9-27-17-19-33(47-42(52)54-5)40(50)49(36)37(27)29)30-18-16-28(21-31(30)43)25-12-14-26(15-13-25)34-23-44-39(46-34)35-11-8-20-48(35)41(51)38(53-4)24(2)3;2*1-2;2-1-3/h6-7,9-10,12-16,18,21,23-24,33,35-36,38,45H,8,11,17,19-20,22H2,1-5H3,(H,44,46)(H,47,52);1-2H3;1-2H2;1H,(H2,2,3)/b32-6-;;;. The van der Waals surface area contributed by atoms with E-state index in [4.69, 9.17) is 14.3 Å². The van der Waals surface area contributed by atoms with Gasteiger partial charge in [-0.25, -0.2) is 14.2 Å². The number of allylic oxidation sites excluding steroid dienone is 1. The highest BCUT2D eigenvalue weighted by molar-refractivity contribution is 6.02. The molecule has 3 aromatic carbocycles. The van der Waals surface area contributed by atoms with E-state index in [2.05, 4.69) is 39.5 Å². The Kier molecular flexibility index (Phi) is 17.4. The third kappa shape index (κ3) is 10.5. The second-order valence-electron chi connectivity index (χ2n) is 14.6. The normalized spacial score (nSPS) is 18.2. The van der Waals surface area contributed by atoms with Crippen molar-refractivity contribution in [1.82, 2.24) is 25.5 Å². The summed E-state index contributed by atoms with van der Waals surface area (Å²) in [6, 6.07) is 18.1. The molecule has 4 aromatic rings. The number of para-hydroxylation sites is 1. The minimum absolute atomic E-state index is 0.00811. The first-order valence-corrected chi connectivity index (χ1v) is 20.7. The van der Waals surface area contributed by atoms with Crippen LogP contribution in [-0.4, -0.2) is 78.3 Å². The number of aromatic amines is 1. The van der Waals surface area contributed by atoms with Gasteiger partial charge < -0.3 is 35.7 Å². The lowest BCUT2D eigenvalue weighted by Crippen LogP contribution is -2.54. The van der Waals surface area contributed by atoms with E-state index in [1.165, 1.54) is 13.2 Å². The molecule has 13 nitrogen and oxygen atoms in total. The van der Waals surface area contributed by atoms with E-state index in [-0.39, 0.29) is 30.2 Å². The molecule has 5 N–H and O–H groups in total. The number of H-pyrrole nitrogens is 1. The maximum absolute atomic E-state index is 16.0. The quantitative estimate of drug-likeness (QED) is 0.0931. The number of primary amides is 1. The van der Waals surface area contributed by atoms with Gasteiger partial charge in [0.2, 0.25) is 6.41 Å². The van der Waals surface area contributed by atoms with Gasteiger partial charge in [0, 0.05) is 31.3 Å². The fourth-order valence-electron chi connectivity index (χ4n) is 8.12. The number of nitrogens with two attached hydrogens (primary N) is 1. The Hall–Kier alpha value is -6.28. The van der Waals surface area contributed by atoms with Gasteiger partial charge in [0.05, 0.1) is 30.7 Å². The van der Waals surface area contributed by atoms with Crippen LogP contribution >= 0.6 is 0 Å². The van der Waals surface area contributed by atoms with Gasteiger partial charge in [0.15, 0.2) is 0 Å². The summed E-state index contributed by atoms with van der Waals surface area (Å²) in [6.45, 7) is 16.5. The summed E-state index contributed by atoms with van der Waals surface area (Å²) < 4.78 is 26.3. The number of anilines is 1. The van der Waals surface area contributed by atoms with Gasteiger partial charge in [-0.05, 0) is 78.5 Å². The Morgan fingerprint density at radius 3 is 2.28 bits per heavy atom. The third-order valence-corrected chi connectivity index (χ3v) is 10.8. The molecule has 61 heavy (non-hydrogen) atoms. The molecule has 1 fully saturated rings. The Morgan fingerprint density at radius 1 is 1.00 bits per heavy atom. The average molecular weight is 838 g/mol. The zero-order chi connectivity index (χ0) is 44.8. The van der Waals surface area contributed by atoms with Gasteiger partial charge in [0.1, 0.15) is 30.0 Å². The molecule has 3 aliphatic rings. The summed E-state index contributed by atoms with van der Waals surface area (Å²) in [5, 5.41) is 6.15. The lowest BCUT2D eigenvalue weighted by molar-refractivity contribution is -0.145. The minimum Gasteiger partial charge on any atom is -0.453 e. The molecule has 0 saturated carbocycles. The average Bonchev–Trinajstić information content (AvgIpc) is 4.03. The van der Waals surface area contributed by atoms with Crippen LogP contribution in [0.1, 0.15) is 82.4 Å². The number of imidazole rings is 1. The number of hydrogen-bond donors (Lipinski definition) is 4. The maximum Gasteiger partial charge on any atom is 0.407 e. The van der Waals surface area contributed by atoms with Crippen molar-refractivity contribution in [2.75, 3.05) is 25.7 Å². The number of halogens is 1. The first-order valence-electron chi connectivity index (χ1n) is 20.7. The van der Waals surface area contributed by atoms with Crippen LogP contribution < -0.4 is 21.3 Å². The van der Waals surface area contributed by atoms with Crippen LogP contribution in [0.5, 0.6) is 0 Å². The summed E-state index contributed by atoms with van der Waals surface area (Å²) in [5.41, 5.74) is 11.4. The molecule has 1 saturated heterocycles. The highest BCUT2D eigenvalue weighted by Crippen LogP contribution is 2.39. The lowest BCUT2D eigenvalue weighted by atomic mass is 10.00. The molecule has 0 radical (unpaired) electrons. The van der Waals surface area contributed by atoms with Crippen molar-refractivity contribution in [2.24, 2.45) is 11.7 Å². The molecule has 1 aromatic heterocycles. The summed E-state index contributed by atoms with van der Waals surface area (Å²) in [7, 11) is 2.85. The fraction of sp³-hybridized carbons (Fsp3) is 0.383. The molecule has 0 spiro atoms. The molecule has 4 amide bonds. The topological polar surface area (TPSA) is 172 Å². The van der Waals surface area contributed by atoms with E-state index in [1.807, 2.05) is 94.1 Å². The molecule has 4 atom stereocenters. The van der Waals surface area contributed by atoms with Crippen LogP contribution in [0.2, 0.25) is 0 Å². The van der Waals surface area contributed by atoms with Crippen LogP contribution in [0.3, 0.4) is 0 Å². The SMILES string of the molecule is C/C=C(\NC1Cc2cccc3c2N1C(=O)C(NC(=O)OC)CC3)c1ccc(-c2ccc(-c3cnc(C4CCCN4C(=O)C(OC)C(C)C)[nH]3)cc2)cc1F.C=C.CC.NC=O. The molecular formula is C47H60FN7O6.